The van der Waals surface area contributed by atoms with Crippen molar-refractivity contribution in [2.24, 2.45) is 0 Å². The van der Waals surface area contributed by atoms with Crippen molar-refractivity contribution in [1.29, 1.82) is 0 Å². The van der Waals surface area contributed by atoms with E-state index >= 15 is 0 Å². The molecular formula is C12H16N4O. The van der Waals surface area contributed by atoms with Crippen LogP contribution in [-0.2, 0) is 0 Å². The molecule has 2 aromatic rings. The third kappa shape index (κ3) is 2.96. The maximum Gasteiger partial charge on any atom is 0.319 e. The van der Waals surface area contributed by atoms with Gasteiger partial charge in [-0.15, -0.1) is 0 Å². The largest absolute Gasteiger partial charge is 0.338 e. The van der Waals surface area contributed by atoms with Crippen molar-refractivity contribution in [3.05, 3.63) is 30.7 Å². The first kappa shape index (κ1) is 11.4. The third-order valence-electron chi connectivity index (χ3n) is 2.46. The average molecular weight is 232 g/mol. The number of pyridine rings is 1. The van der Waals surface area contributed by atoms with Gasteiger partial charge in [0.05, 0.1) is 5.69 Å². The molecule has 0 spiro atoms. The van der Waals surface area contributed by atoms with E-state index < -0.39 is 0 Å². The third-order valence-corrected chi connectivity index (χ3v) is 2.46. The van der Waals surface area contributed by atoms with Crippen LogP contribution in [0.2, 0.25) is 0 Å². The Labute approximate surface area is 99.9 Å². The first-order valence-corrected chi connectivity index (χ1v) is 5.77. The predicted molar refractivity (Wildman–Crippen MR) is 67.1 cm³/mol. The summed E-state index contributed by atoms with van der Waals surface area (Å²) in [5.41, 5.74) is 1.62. The molecule has 2 aromatic heterocycles. The summed E-state index contributed by atoms with van der Waals surface area (Å²) in [6.07, 6.45) is 7.47. The second kappa shape index (κ2) is 5.34. The Balaban J connectivity index is 1.95. The number of urea groups is 1. The quantitative estimate of drug-likeness (QED) is 0.794. The number of unbranched alkanes of at least 4 members (excludes halogenated alkanes) is 1. The number of rotatable bonds is 4. The first-order chi connectivity index (χ1) is 8.29. The molecular weight excluding hydrogens is 216 g/mol. The Morgan fingerprint density at radius 1 is 1.47 bits per heavy atom. The normalized spacial score (nSPS) is 10.4. The van der Waals surface area contributed by atoms with Gasteiger partial charge in [-0.05, 0) is 18.6 Å². The minimum Gasteiger partial charge on any atom is -0.338 e. The van der Waals surface area contributed by atoms with Crippen molar-refractivity contribution in [2.75, 3.05) is 11.9 Å². The lowest BCUT2D eigenvalue weighted by Gasteiger charge is -2.07. The summed E-state index contributed by atoms with van der Waals surface area (Å²) in [7, 11) is 0. The van der Waals surface area contributed by atoms with Crippen LogP contribution in [0.3, 0.4) is 0 Å². The lowest BCUT2D eigenvalue weighted by molar-refractivity contribution is 0.252. The number of carbonyl (C=O) groups excluding carboxylic acids is 1. The molecule has 0 aromatic carbocycles. The number of hydrogen-bond donors (Lipinski definition) is 2. The molecule has 0 bridgehead atoms. The Bertz CT molecular complexity index is 506. The minimum atomic E-state index is -0.169. The van der Waals surface area contributed by atoms with E-state index in [0.717, 1.165) is 24.2 Å². The highest BCUT2D eigenvalue weighted by molar-refractivity contribution is 5.89. The molecule has 5 nitrogen and oxygen atoms in total. The molecule has 0 saturated heterocycles. The van der Waals surface area contributed by atoms with E-state index in [1.165, 1.54) is 0 Å². The van der Waals surface area contributed by atoms with Crippen LogP contribution in [-0.4, -0.2) is 22.0 Å². The Kier molecular flexibility index (Phi) is 3.59. The van der Waals surface area contributed by atoms with E-state index in [0.29, 0.717) is 6.54 Å². The number of aromatic nitrogens is 2. The fourth-order valence-electron chi connectivity index (χ4n) is 1.55. The number of fused-ring (bicyclic) bond motifs is 1. The van der Waals surface area contributed by atoms with Crippen LogP contribution in [0.5, 0.6) is 0 Å². The summed E-state index contributed by atoms with van der Waals surface area (Å²) in [6.45, 7) is 2.79. The maximum absolute atomic E-state index is 11.5. The van der Waals surface area contributed by atoms with E-state index in [9.17, 15) is 4.79 Å². The molecule has 0 aliphatic carbocycles. The van der Waals surface area contributed by atoms with Gasteiger partial charge < -0.3 is 15.0 Å². The molecule has 2 N–H and O–H groups in total. The Hall–Kier alpha value is -2.04. The molecule has 0 aliphatic rings. The van der Waals surface area contributed by atoms with Gasteiger partial charge in [0, 0.05) is 25.1 Å². The lowest BCUT2D eigenvalue weighted by Crippen LogP contribution is -2.29. The number of anilines is 1. The highest BCUT2D eigenvalue weighted by Crippen LogP contribution is 2.09. The van der Waals surface area contributed by atoms with Gasteiger partial charge in [-0.1, -0.05) is 13.3 Å². The van der Waals surface area contributed by atoms with Crippen LogP contribution in [0.4, 0.5) is 10.5 Å². The zero-order valence-electron chi connectivity index (χ0n) is 9.81. The van der Waals surface area contributed by atoms with Crippen LogP contribution >= 0.6 is 0 Å². The number of nitrogens with one attached hydrogen (secondary N) is 2. The van der Waals surface area contributed by atoms with Gasteiger partial charge in [0.25, 0.3) is 0 Å². The van der Waals surface area contributed by atoms with E-state index in [4.69, 9.17) is 0 Å². The first-order valence-electron chi connectivity index (χ1n) is 5.77. The predicted octanol–water partition coefficient (Wildman–Crippen LogP) is 2.26. The van der Waals surface area contributed by atoms with Crippen LogP contribution in [0, 0.1) is 0 Å². The molecule has 0 saturated carbocycles. The molecule has 0 unspecified atom stereocenters. The van der Waals surface area contributed by atoms with Crippen molar-refractivity contribution < 1.29 is 4.79 Å². The van der Waals surface area contributed by atoms with Gasteiger partial charge in [0.2, 0.25) is 0 Å². The smallest absolute Gasteiger partial charge is 0.319 e. The summed E-state index contributed by atoms with van der Waals surface area (Å²) in [5, 5.41) is 5.58. The van der Waals surface area contributed by atoms with Gasteiger partial charge >= 0.3 is 6.03 Å². The summed E-state index contributed by atoms with van der Waals surface area (Å²) in [6, 6.07) is 3.53. The molecule has 5 heteroatoms. The fourth-order valence-corrected chi connectivity index (χ4v) is 1.55. The van der Waals surface area contributed by atoms with Crippen molar-refractivity contribution >= 4 is 17.4 Å². The van der Waals surface area contributed by atoms with Crippen LogP contribution in [0.1, 0.15) is 19.8 Å². The molecule has 2 heterocycles. The summed E-state index contributed by atoms with van der Waals surface area (Å²) < 4.78 is 1.86. The maximum atomic E-state index is 11.5. The molecule has 2 amide bonds. The second-order valence-corrected chi connectivity index (χ2v) is 3.84. The topological polar surface area (TPSA) is 58.4 Å². The van der Waals surface area contributed by atoms with Gasteiger partial charge in [0.15, 0.2) is 0 Å². The number of imidazole rings is 1. The minimum absolute atomic E-state index is 0.169. The van der Waals surface area contributed by atoms with Crippen LogP contribution in [0.25, 0.3) is 5.65 Å². The average Bonchev–Trinajstić information content (AvgIpc) is 2.76. The molecule has 2 rings (SSSR count). The number of amides is 2. The standard InChI is InChI=1S/C12H16N4O/c1-2-3-6-14-12(17)15-10-4-5-11-13-7-8-16(11)9-10/h4-5,7-9H,2-3,6H2,1H3,(H2,14,15,17). The second-order valence-electron chi connectivity index (χ2n) is 3.84. The number of carbonyl (C=O) groups is 1. The monoisotopic (exact) mass is 232 g/mol. The van der Waals surface area contributed by atoms with E-state index in [1.54, 1.807) is 6.20 Å². The van der Waals surface area contributed by atoms with Crippen molar-refractivity contribution in [2.45, 2.75) is 19.8 Å². The van der Waals surface area contributed by atoms with E-state index in [-0.39, 0.29) is 6.03 Å². The van der Waals surface area contributed by atoms with Gasteiger partial charge in [0.1, 0.15) is 5.65 Å². The zero-order valence-corrected chi connectivity index (χ0v) is 9.81. The van der Waals surface area contributed by atoms with Crippen molar-refractivity contribution in [1.82, 2.24) is 14.7 Å². The highest BCUT2D eigenvalue weighted by Gasteiger charge is 2.01. The van der Waals surface area contributed by atoms with Gasteiger partial charge in [-0.3, -0.25) is 0 Å². The summed E-state index contributed by atoms with van der Waals surface area (Å²) >= 11 is 0. The Morgan fingerprint density at radius 3 is 3.18 bits per heavy atom. The summed E-state index contributed by atoms with van der Waals surface area (Å²) in [4.78, 5) is 15.6. The number of hydrogen-bond acceptors (Lipinski definition) is 2. The fraction of sp³-hybridized carbons (Fsp3) is 0.333. The summed E-state index contributed by atoms with van der Waals surface area (Å²) in [5.74, 6) is 0. The molecule has 0 radical (unpaired) electrons. The molecule has 90 valence electrons. The molecule has 17 heavy (non-hydrogen) atoms. The van der Waals surface area contributed by atoms with E-state index in [2.05, 4.69) is 22.5 Å². The number of nitrogens with zero attached hydrogens (tertiary/aromatic N) is 2. The lowest BCUT2D eigenvalue weighted by atomic mass is 10.3. The highest BCUT2D eigenvalue weighted by atomic mass is 16.2. The molecule has 0 fully saturated rings. The van der Waals surface area contributed by atoms with Gasteiger partial charge in [-0.25, -0.2) is 9.78 Å². The van der Waals surface area contributed by atoms with Gasteiger partial charge in [-0.2, -0.15) is 0 Å². The Morgan fingerprint density at radius 2 is 2.35 bits per heavy atom. The SMILES string of the molecule is CCCCNC(=O)Nc1ccc2nccn2c1. The van der Waals surface area contributed by atoms with Crippen molar-refractivity contribution in [3.8, 4) is 0 Å². The molecule has 0 atom stereocenters. The van der Waals surface area contributed by atoms with Crippen LogP contribution in [0.15, 0.2) is 30.7 Å². The molecule has 0 aliphatic heterocycles. The van der Waals surface area contributed by atoms with Crippen molar-refractivity contribution in [3.63, 3.8) is 0 Å². The van der Waals surface area contributed by atoms with E-state index in [1.807, 2.05) is 28.9 Å². The zero-order chi connectivity index (χ0) is 12.1. The van der Waals surface area contributed by atoms with Crippen LogP contribution < -0.4 is 10.6 Å².